The predicted octanol–water partition coefficient (Wildman–Crippen LogP) is 0.763. The first kappa shape index (κ1) is 11.4. The van der Waals surface area contributed by atoms with Crippen molar-refractivity contribution >= 4 is 11.7 Å². The average molecular weight is 185 g/mol. The molecule has 0 bridgehead atoms. The van der Waals surface area contributed by atoms with Crippen LogP contribution >= 0.6 is 0 Å². The van der Waals surface area contributed by atoms with E-state index in [2.05, 4.69) is 0 Å². The first-order valence-electron chi connectivity index (χ1n) is 3.38. The zero-order valence-corrected chi connectivity index (χ0v) is 7.27. The molecule has 8 N–H and O–H groups in total. The number of nitrogen functional groups attached to an aromatic ring is 1. The predicted molar refractivity (Wildman–Crippen MR) is 49.4 cm³/mol. The van der Waals surface area contributed by atoms with Crippen LogP contribution in [-0.2, 0) is 4.79 Å². The zero-order valence-electron chi connectivity index (χ0n) is 7.27. The maximum atomic E-state index is 10.3. The maximum Gasteiger partial charge on any atom is 0.337 e. The van der Waals surface area contributed by atoms with Crippen molar-refractivity contribution in [2.24, 2.45) is 0 Å². The topological polar surface area (TPSA) is 120 Å². The monoisotopic (exact) mass is 185 g/mol. The minimum atomic E-state index is -1.54. The summed E-state index contributed by atoms with van der Waals surface area (Å²) in [6.45, 7) is 0. The van der Waals surface area contributed by atoms with Crippen LogP contribution in [-0.4, -0.2) is 16.2 Å². The van der Waals surface area contributed by atoms with Crippen LogP contribution in [0.3, 0.4) is 0 Å². The molecule has 0 heterocycles. The Morgan fingerprint density at radius 3 is 2.38 bits per heavy atom. The van der Waals surface area contributed by atoms with E-state index >= 15 is 0 Å². The minimum Gasteiger partial charge on any atom is -0.479 e. The first-order chi connectivity index (χ1) is 5.63. The zero-order chi connectivity index (χ0) is 9.14. The number of rotatable bonds is 2. The van der Waals surface area contributed by atoms with Crippen LogP contribution in [0.25, 0.3) is 0 Å². The molecule has 0 aliphatic rings. The molecule has 0 radical (unpaired) electrons. The fourth-order valence-electron chi connectivity index (χ4n) is 0.893. The van der Waals surface area contributed by atoms with Gasteiger partial charge in [-0.05, 0) is 6.07 Å². The van der Waals surface area contributed by atoms with Crippen molar-refractivity contribution in [2.45, 2.75) is 6.10 Å². The Bertz CT molecular complexity index is 301. The number of anilines is 1. The highest BCUT2D eigenvalue weighted by Crippen LogP contribution is 2.19. The van der Waals surface area contributed by atoms with Crippen molar-refractivity contribution in [3.63, 3.8) is 0 Å². The molecule has 5 nitrogen and oxygen atoms in total. The molecule has 5 heteroatoms. The van der Waals surface area contributed by atoms with Crippen LogP contribution in [0.4, 0.5) is 5.69 Å². The van der Waals surface area contributed by atoms with Crippen molar-refractivity contribution in [1.29, 1.82) is 0 Å². The van der Waals surface area contributed by atoms with Crippen LogP contribution in [0, 0.1) is 0 Å². The van der Waals surface area contributed by atoms with Gasteiger partial charge in [0.25, 0.3) is 0 Å². The van der Waals surface area contributed by atoms with Gasteiger partial charge in [-0.15, -0.1) is 0 Å². The van der Waals surface area contributed by atoms with Crippen molar-refractivity contribution < 1.29 is 15.0 Å². The number of aliphatic hydroxyl groups excluding tert-OH is 1. The SMILES string of the molecule is Nc1ccccc1[C@H](O)C(=O)O.[NH4+]. The lowest BCUT2D eigenvalue weighted by molar-refractivity contribution is -0.146. The van der Waals surface area contributed by atoms with Gasteiger partial charge in [0.05, 0.1) is 0 Å². The van der Waals surface area contributed by atoms with E-state index in [1.165, 1.54) is 6.07 Å². The van der Waals surface area contributed by atoms with Gasteiger partial charge in [0, 0.05) is 11.3 Å². The van der Waals surface area contributed by atoms with Crippen LogP contribution in [0.1, 0.15) is 11.7 Å². The lowest BCUT2D eigenvalue weighted by atomic mass is 10.1. The van der Waals surface area contributed by atoms with E-state index in [-0.39, 0.29) is 17.4 Å². The second kappa shape index (κ2) is 4.44. The van der Waals surface area contributed by atoms with E-state index < -0.39 is 12.1 Å². The molecule has 1 aromatic carbocycles. The minimum absolute atomic E-state index is 0. The largest absolute Gasteiger partial charge is 0.479 e. The fraction of sp³-hybridized carbons (Fsp3) is 0.125. The van der Waals surface area contributed by atoms with Gasteiger partial charge in [0.15, 0.2) is 6.10 Å². The van der Waals surface area contributed by atoms with Crippen molar-refractivity contribution in [2.75, 3.05) is 5.73 Å². The van der Waals surface area contributed by atoms with Gasteiger partial charge in [0.1, 0.15) is 0 Å². The Morgan fingerprint density at radius 2 is 1.92 bits per heavy atom. The number of carbonyl (C=O) groups is 1. The third-order valence-electron chi connectivity index (χ3n) is 1.52. The third kappa shape index (κ3) is 2.43. The molecule has 1 aromatic rings. The molecule has 0 saturated heterocycles. The molecule has 0 aromatic heterocycles. The number of para-hydroxylation sites is 1. The summed E-state index contributed by atoms with van der Waals surface area (Å²) < 4.78 is 0. The summed E-state index contributed by atoms with van der Waals surface area (Å²) >= 11 is 0. The first-order valence-corrected chi connectivity index (χ1v) is 3.38. The third-order valence-corrected chi connectivity index (χ3v) is 1.52. The highest BCUT2D eigenvalue weighted by Gasteiger charge is 2.17. The number of carboxylic acid groups (broad SMARTS) is 1. The van der Waals surface area contributed by atoms with E-state index in [0.29, 0.717) is 0 Å². The molecule has 0 spiro atoms. The number of nitrogens with two attached hydrogens (primary N) is 1. The number of hydrogen-bond acceptors (Lipinski definition) is 3. The Morgan fingerprint density at radius 1 is 1.38 bits per heavy atom. The van der Waals surface area contributed by atoms with Gasteiger partial charge >= 0.3 is 5.97 Å². The molecule has 13 heavy (non-hydrogen) atoms. The Hall–Kier alpha value is -1.59. The number of aliphatic hydroxyl groups is 1. The summed E-state index contributed by atoms with van der Waals surface area (Å²) in [5, 5.41) is 17.6. The molecule has 0 amide bonds. The molecular formula is C8H13N2O3+. The quantitative estimate of drug-likeness (QED) is 0.508. The number of quaternary nitrogens is 1. The van der Waals surface area contributed by atoms with E-state index in [0.717, 1.165) is 0 Å². The summed E-state index contributed by atoms with van der Waals surface area (Å²) in [7, 11) is 0. The fourth-order valence-corrected chi connectivity index (χ4v) is 0.893. The average Bonchev–Trinajstić information content (AvgIpc) is 2.04. The van der Waals surface area contributed by atoms with Gasteiger partial charge in [-0.3, -0.25) is 0 Å². The normalized spacial score (nSPS) is 11.5. The summed E-state index contributed by atoms with van der Waals surface area (Å²) in [5.41, 5.74) is 5.95. The van der Waals surface area contributed by atoms with Crippen molar-refractivity contribution in [3.05, 3.63) is 29.8 Å². The smallest absolute Gasteiger partial charge is 0.337 e. The molecule has 0 saturated carbocycles. The van der Waals surface area contributed by atoms with Crippen LogP contribution in [0.2, 0.25) is 0 Å². The maximum absolute atomic E-state index is 10.3. The molecule has 0 fully saturated rings. The van der Waals surface area contributed by atoms with Crippen LogP contribution < -0.4 is 11.9 Å². The second-order valence-corrected chi connectivity index (χ2v) is 2.37. The van der Waals surface area contributed by atoms with E-state index in [1.807, 2.05) is 0 Å². The molecule has 0 aliphatic heterocycles. The molecular weight excluding hydrogens is 172 g/mol. The van der Waals surface area contributed by atoms with Crippen molar-refractivity contribution in [1.82, 2.24) is 6.15 Å². The number of benzene rings is 1. The van der Waals surface area contributed by atoms with E-state index in [1.54, 1.807) is 18.2 Å². The Kier molecular flexibility index (Phi) is 3.90. The lowest BCUT2D eigenvalue weighted by Crippen LogP contribution is -2.12. The molecule has 0 unspecified atom stereocenters. The Balaban J connectivity index is 0.00000144. The number of carboxylic acids is 1. The summed E-state index contributed by atoms with van der Waals surface area (Å²) in [4.78, 5) is 10.3. The summed E-state index contributed by atoms with van der Waals surface area (Å²) in [5.74, 6) is -1.30. The summed E-state index contributed by atoms with van der Waals surface area (Å²) in [6, 6.07) is 6.32. The molecule has 1 atom stereocenters. The Labute approximate surface area is 75.4 Å². The van der Waals surface area contributed by atoms with Gasteiger partial charge in [-0.25, -0.2) is 4.79 Å². The van der Waals surface area contributed by atoms with Crippen LogP contribution in [0.15, 0.2) is 24.3 Å². The number of hydrogen-bond donors (Lipinski definition) is 4. The van der Waals surface area contributed by atoms with E-state index in [9.17, 15) is 4.79 Å². The summed E-state index contributed by atoms with van der Waals surface area (Å²) in [6.07, 6.45) is -1.54. The molecule has 0 aliphatic carbocycles. The number of aliphatic carboxylic acids is 1. The second-order valence-electron chi connectivity index (χ2n) is 2.37. The standard InChI is InChI=1S/C8H9NO3.H3N/c9-6-4-2-1-3-5(6)7(10)8(11)12;/h1-4,7,10H,9H2,(H,11,12);1H3/p+1/t7-;/m0./s1. The van der Waals surface area contributed by atoms with Gasteiger partial charge < -0.3 is 22.1 Å². The van der Waals surface area contributed by atoms with E-state index in [4.69, 9.17) is 15.9 Å². The van der Waals surface area contributed by atoms with Gasteiger partial charge in [-0.2, -0.15) is 0 Å². The molecule has 72 valence electrons. The van der Waals surface area contributed by atoms with Crippen LogP contribution in [0.5, 0.6) is 0 Å². The van der Waals surface area contributed by atoms with Gasteiger partial charge in [0.2, 0.25) is 0 Å². The highest BCUT2D eigenvalue weighted by molar-refractivity contribution is 5.76. The molecule has 1 rings (SSSR count). The van der Waals surface area contributed by atoms with Crippen molar-refractivity contribution in [3.8, 4) is 0 Å². The highest BCUT2D eigenvalue weighted by atomic mass is 16.4. The van der Waals surface area contributed by atoms with Gasteiger partial charge in [-0.1, -0.05) is 18.2 Å². The lowest BCUT2D eigenvalue weighted by Gasteiger charge is -2.07.